The Kier molecular flexibility index (Phi) is 4.77. The molecule has 1 aliphatic heterocycles. The minimum absolute atomic E-state index is 0.0577. The Balaban J connectivity index is 1.96. The van der Waals surface area contributed by atoms with Gasteiger partial charge in [-0.1, -0.05) is 30.3 Å². The van der Waals surface area contributed by atoms with Crippen molar-refractivity contribution in [2.45, 2.75) is 18.9 Å². The topological polar surface area (TPSA) is 74.7 Å². The predicted molar refractivity (Wildman–Crippen MR) is 76.4 cm³/mol. The first-order valence-corrected chi connectivity index (χ1v) is 8.51. The van der Waals surface area contributed by atoms with Crippen molar-refractivity contribution in [3.05, 3.63) is 35.9 Å². The van der Waals surface area contributed by atoms with Crippen molar-refractivity contribution in [2.24, 2.45) is 0 Å². The summed E-state index contributed by atoms with van der Waals surface area (Å²) >= 11 is 0. The largest absolute Gasteiger partial charge is 0.480 e. The van der Waals surface area contributed by atoms with Crippen LogP contribution < -0.4 is 0 Å². The van der Waals surface area contributed by atoms with Gasteiger partial charge in [0, 0.05) is 13.1 Å². The molecule has 1 aromatic rings. The van der Waals surface area contributed by atoms with E-state index in [2.05, 4.69) is 0 Å². The van der Waals surface area contributed by atoms with Crippen LogP contribution in [0.1, 0.15) is 12.0 Å². The molecule has 6 heteroatoms. The summed E-state index contributed by atoms with van der Waals surface area (Å²) in [5.74, 6) is -0.759. The predicted octanol–water partition coefficient (Wildman–Crippen LogP) is 0.803. The van der Waals surface area contributed by atoms with E-state index < -0.39 is 21.8 Å². The summed E-state index contributed by atoms with van der Waals surface area (Å²) in [5.41, 5.74) is 1.10. The molecule has 1 aromatic carbocycles. The Bertz CT molecular complexity index is 542. The van der Waals surface area contributed by atoms with Gasteiger partial charge in [0.05, 0.1) is 11.5 Å². The van der Waals surface area contributed by atoms with Gasteiger partial charge in [-0.2, -0.15) is 0 Å². The van der Waals surface area contributed by atoms with Gasteiger partial charge in [0.15, 0.2) is 9.84 Å². The molecule has 1 heterocycles. The van der Waals surface area contributed by atoms with E-state index in [4.69, 9.17) is 0 Å². The Morgan fingerprint density at radius 1 is 1.20 bits per heavy atom. The van der Waals surface area contributed by atoms with Gasteiger partial charge in [-0.25, -0.2) is 8.42 Å². The lowest BCUT2D eigenvalue weighted by Crippen LogP contribution is -2.49. The lowest BCUT2D eigenvalue weighted by molar-refractivity contribution is -0.143. The van der Waals surface area contributed by atoms with Gasteiger partial charge < -0.3 is 5.11 Å². The maximum atomic E-state index is 11.4. The maximum Gasteiger partial charge on any atom is 0.320 e. The van der Waals surface area contributed by atoms with Gasteiger partial charge in [-0.15, -0.1) is 0 Å². The molecule has 5 nitrogen and oxygen atoms in total. The number of carboxylic acid groups (broad SMARTS) is 1. The lowest BCUT2D eigenvalue weighted by Gasteiger charge is -2.31. The third-order valence-electron chi connectivity index (χ3n) is 3.65. The second-order valence-electron chi connectivity index (χ2n) is 5.07. The Hall–Kier alpha value is -1.40. The van der Waals surface area contributed by atoms with Crippen LogP contribution in [0.25, 0.3) is 0 Å². The average molecular weight is 297 g/mol. The van der Waals surface area contributed by atoms with Gasteiger partial charge in [0.2, 0.25) is 0 Å². The molecule has 1 atom stereocenters. The highest BCUT2D eigenvalue weighted by molar-refractivity contribution is 7.91. The zero-order valence-electron chi connectivity index (χ0n) is 11.2. The van der Waals surface area contributed by atoms with Crippen LogP contribution in [0.5, 0.6) is 0 Å². The SMILES string of the molecule is O=C(O)C(CCc1ccccc1)N1CCS(=O)(=O)CC1. The van der Waals surface area contributed by atoms with Crippen LogP contribution in [-0.2, 0) is 21.1 Å². The second kappa shape index (κ2) is 6.37. The highest BCUT2D eigenvalue weighted by Crippen LogP contribution is 2.14. The summed E-state index contributed by atoms with van der Waals surface area (Å²) < 4.78 is 22.8. The molecular weight excluding hydrogens is 278 g/mol. The maximum absolute atomic E-state index is 11.4. The first-order chi connectivity index (χ1) is 9.48. The molecule has 0 aromatic heterocycles. The summed E-state index contributed by atoms with van der Waals surface area (Å²) in [6, 6.07) is 9.12. The standard InChI is InChI=1S/C14H19NO4S/c16-14(17)13(7-6-12-4-2-1-3-5-12)15-8-10-20(18,19)11-9-15/h1-5,13H,6-11H2,(H,16,17). The van der Waals surface area contributed by atoms with E-state index in [1.54, 1.807) is 4.90 Å². The number of hydrogen-bond acceptors (Lipinski definition) is 4. The van der Waals surface area contributed by atoms with Gasteiger partial charge in [0.25, 0.3) is 0 Å². The Morgan fingerprint density at radius 3 is 2.35 bits per heavy atom. The molecule has 0 saturated carbocycles. The number of carboxylic acids is 1. The molecule has 110 valence electrons. The van der Waals surface area contributed by atoms with E-state index in [1.807, 2.05) is 30.3 Å². The number of nitrogens with zero attached hydrogens (tertiary/aromatic N) is 1. The van der Waals surface area contributed by atoms with Gasteiger partial charge in [-0.3, -0.25) is 9.69 Å². The molecule has 0 radical (unpaired) electrons. The van der Waals surface area contributed by atoms with Crippen molar-refractivity contribution in [1.82, 2.24) is 4.90 Å². The molecule has 1 unspecified atom stereocenters. The van der Waals surface area contributed by atoms with Crippen molar-refractivity contribution in [2.75, 3.05) is 24.6 Å². The van der Waals surface area contributed by atoms with Gasteiger partial charge in [0.1, 0.15) is 6.04 Å². The third-order valence-corrected chi connectivity index (χ3v) is 5.26. The summed E-state index contributed by atoms with van der Waals surface area (Å²) in [6.45, 7) is 0.627. The minimum Gasteiger partial charge on any atom is -0.480 e. The van der Waals surface area contributed by atoms with Gasteiger partial charge >= 0.3 is 5.97 Å². The highest BCUT2D eigenvalue weighted by atomic mass is 32.2. The molecule has 2 rings (SSSR count). The minimum atomic E-state index is -2.98. The molecule has 0 amide bonds. The van der Waals surface area contributed by atoms with Crippen molar-refractivity contribution < 1.29 is 18.3 Å². The molecule has 1 aliphatic rings. The van der Waals surface area contributed by atoms with E-state index in [-0.39, 0.29) is 11.5 Å². The smallest absolute Gasteiger partial charge is 0.320 e. The monoisotopic (exact) mass is 297 g/mol. The highest BCUT2D eigenvalue weighted by Gasteiger charge is 2.30. The quantitative estimate of drug-likeness (QED) is 0.870. The zero-order valence-corrected chi connectivity index (χ0v) is 12.1. The second-order valence-corrected chi connectivity index (χ2v) is 7.37. The van der Waals surface area contributed by atoms with Crippen LogP contribution in [0.3, 0.4) is 0 Å². The zero-order chi connectivity index (χ0) is 14.6. The van der Waals surface area contributed by atoms with Crippen LogP contribution in [-0.4, -0.2) is 55.0 Å². The number of benzene rings is 1. The van der Waals surface area contributed by atoms with Gasteiger partial charge in [-0.05, 0) is 18.4 Å². The summed E-state index contributed by atoms with van der Waals surface area (Å²) in [6.07, 6.45) is 1.18. The van der Waals surface area contributed by atoms with E-state index in [1.165, 1.54) is 0 Å². The lowest BCUT2D eigenvalue weighted by atomic mass is 10.0. The van der Waals surface area contributed by atoms with Crippen molar-refractivity contribution >= 4 is 15.8 Å². The van der Waals surface area contributed by atoms with Crippen molar-refractivity contribution in [3.8, 4) is 0 Å². The number of aryl methyl sites for hydroxylation is 1. The van der Waals surface area contributed by atoms with Crippen LogP contribution >= 0.6 is 0 Å². The number of rotatable bonds is 5. The van der Waals surface area contributed by atoms with E-state index in [9.17, 15) is 18.3 Å². The molecule has 0 bridgehead atoms. The van der Waals surface area contributed by atoms with Crippen LogP contribution in [0, 0.1) is 0 Å². The fourth-order valence-corrected chi connectivity index (χ4v) is 3.68. The van der Waals surface area contributed by atoms with E-state index in [0.717, 1.165) is 5.56 Å². The molecule has 1 saturated heterocycles. The molecule has 1 N–H and O–H groups in total. The third kappa shape index (κ3) is 4.05. The molecule has 0 aliphatic carbocycles. The number of sulfone groups is 1. The van der Waals surface area contributed by atoms with Crippen LogP contribution in [0.4, 0.5) is 0 Å². The molecule has 20 heavy (non-hydrogen) atoms. The van der Waals surface area contributed by atoms with Crippen LogP contribution in [0.15, 0.2) is 30.3 Å². The Morgan fingerprint density at radius 2 is 1.80 bits per heavy atom. The fourth-order valence-electron chi connectivity index (χ4n) is 2.45. The fraction of sp³-hybridized carbons (Fsp3) is 0.500. The number of aliphatic carboxylic acids is 1. The van der Waals surface area contributed by atoms with Crippen molar-refractivity contribution in [1.29, 1.82) is 0 Å². The van der Waals surface area contributed by atoms with E-state index in [0.29, 0.717) is 25.9 Å². The number of carbonyl (C=O) groups is 1. The first kappa shape index (κ1) is 15.0. The molecule has 1 fully saturated rings. The summed E-state index contributed by atoms with van der Waals surface area (Å²) in [7, 11) is -2.98. The average Bonchev–Trinajstić information content (AvgIpc) is 2.41. The van der Waals surface area contributed by atoms with E-state index >= 15 is 0 Å². The van der Waals surface area contributed by atoms with Crippen LogP contribution in [0.2, 0.25) is 0 Å². The molecular formula is C14H19NO4S. The summed E-state index contributed by atoms with van der Waals surface area (Å²) in [4.78, 5) is 13.2. The normalized spacial score (nSPS) is 20.4. The molecule has 0 spiro atoms. The van der Waals surface area contributed by atoms with Crippen molar-refractivity contribution in [3.63, 3.8) is 0 Å². The first-order valence-electron chi connectivity index (χ1n) is 6.69. The Labute approximate surface area is 119 Å². The summed E-state index contributed by atoms with van der Waals surface area (Å²) in [5, 5.41) is 9.34. The number of hydrogen-bond donors (Lipinski definition) is 1.